The van der Waals surface area contributed by atoms with Crippen molar-refractivity contribution in [3.05, 3.63) is 64.4 Å². The van der Waals surface area contributed by atoms with Crippen molar-refractivity contribution in [2.24, 2.45) is 0 Å². The lowest BCUT2D eigenvalue weighted by molar-refractivity contribution is 0.571. The number of nitrogens with one attached hydrogen (secondary N) is 1. The highest BCUT2D eigenvalue weighted by Gasteiger charge is 2.09. The van der Waals surface area contributed by atoms with Crippen molar-refractivity contribution in [1.29, 1.82) is 0 Å². The molecule has 1 unspecified atom stereocenters. The third kappa shape index (κ3) is 4.06. The molecule has 0 aliphatic rings. The van der Waals surface area contributed by atoms with Crippen molar-refractivity contribution in [2.75, 3.05) is 6.54 Å². The number of hydrogen-bond acceptors (Lipinski definition) is 2. The second-order valence-corrected chi connectivity index (χ2v) is 5.47. The zero-order valence-corrected chi connectivity index (χ0v) is 12.8. The van der Waals surface area contributed by atoms with Crippen LogP contribution in [0.15, 0.2) is 42.7 Å². The first-order chi connectivity index (χ1) is 9.70. The van der Waals surface area contributed by atoms with Gasteiger partial charge in [0.25, 0.3) is 0 Å². The van der Waals surface area contributed by atoms with E-state index in [4.69, 9.17) is 11.6 Å². The number of rotatable bonds is 6. The summed E-state index contributed by atoms with van der Waals surface area (Å²) in [6.07, 6.45) is 5.66. The molecule has 106 valence electrons. The summed E-state index contributed by atoms with van der Waals surface area (Å²) in [5, 5.41) is 4.31. The van der Waals surface area contributed by atoms with E-state index in [0.29, 0.717) is 0 Å². The average molecular weight is 289 g/mol. The van der Waals surface area contributed by atoms with Crippen LogP contribution in [0.3, 0.4) is 0 Å². The van der Waals surface area contributed by atoms with Gasteiger partial charge in [-0.05, 0) is 61.2 Å². The lowest BCUT2D eigenvalue weighted by Gasteiger charge is -2.16. The Morgan fingerprint density at radius 1 is 1.15 bits per heavy atom. The molecule has 20 heavy (non-hydrogen) atoms. The molecule has 0 saturated heterocycles. The Bertz CT molecular complexity index is 540. The van der Waals surface area contributed by atoms with Gasteiger partial charge < -0.3 is 5.32 Å². The summed E-state index contributed by atoms with van der Waals surface area (Å²) in [6, 6.07) is 10.7. The highest BCUT2D eigenvalue weighted by Crippen LogP contribution is 2.25. The van der Waals surface area contributed by atoms with Crippen molar-refractivity contribution in [2.45, 2.75) is 32.7 Å². The Labute approximate surface area is 126 Å². The molecular formula is C17H21ClN2. The van der Waals surface area contributed by atoms with E-state index in [1.54, 1.807) is 0 Å². The molecule has 1 aromatic carbocycles. The molecular weight excluding hydrogens is 268 g/mol. The zero-order valence-electron chi connectivity index (χ0n) is 12.1. The lowest BCUT2D eigenvalue weighted by Crippen LogP contribution is -2.19. The number of benzene rings is 1. The van der Waals surface area contributed by atoms with Gasteiger partial charge in [0.2, 0.25) is 0 Å². The highest BCUT2D eigenvalue weighted by molar-refractivity contribution is 6.31. The summed E-state index contributed by atoms with van der Waals surface area (Å²) in [6.45, 7) is 5.33. The minimum Gasteiger partial charge on any atom is -0.310 e. The Kier molecular flexibility index (Phi) is 5.57. The van der Waals surface area contributed by atoms with Gasteiger partial charge in [-0.3, -0.25) is 4.98 Å². The van der Waals surface area contributed by atoms with Crippen LogP contribution in [0.2, 0.25) is 5.02 Å². The van der Waals surface area contributed by atoms with Crippen molar-refractivity contribution in [3.8, 4) is 0 Å². The second-order valence-electron chi connectivity index (χ2n) is 5.06. The number of pyridine rings is 1. The Balaban J connectivity index is 2.09. The van der Waals surface area contributed by atoms with E-state index in [1.165, 1.54) is 16.7 Å². The van der Waals surface area contributed by atoms with Crippen molar-refractivity contribution >= 4 is 11.6 Å². The molecule has 1 atom stereocenters. The number of hydrogen-bond donors (Lipinski definition) is 1. The van der Waals surface area contributed by atoms with Gasteiger partial charge >= 0.3 is 0 Å². The first-order valence-electron chi connectivity index (χ1n) is 7.11. The predicted octanol–water partition coefficient (Wildman–Crippen LogP) is 4.39. The van der Waals surface area contributed by atoms with Crippen LogP contribution in [-0.4, -0.2) is 11.5 Å². The molecule has 0 aliphatic heterocycles. The van der Waals surface area contributed by atoms with Crippen molar-refractivity contribution < 1.29 is 0 Å². The van der Waals surface area contributed by atoms with Crippen LogP contribution in [0.4, 0.5) is 0 Å². The van der Waals surface area contributed by atoms with Crippen LogP contribution in [0, 0.1) is 0 Å². The smallest absolute Gasteiger partial charge is 0.0456 e. The molecule has 0 fully saturated rings. The molecule has 3 heteroatoms. The number of aromatic nitrogens is 1. The van der Waals surface area contributed by atoms with Crippen molar-refractivity contribution in [3.63, 3.8) is 0 Å². The van der Waals surface area contributed by atoms with Crippen LogP contribution in [0.1, 0.15) is 43.0 Å². The molecule has 0 bridgehead atoms. The summed E-state index contributed by atoms with van der Waals surface area (Å²) in [5.74, 6) is 0. The summed E-state index contributed by atoms with van der Waals surface area (Å²) in [5.41, 5.74) is 3.65. The van der Waals surface area contributed by atoms with Crippen LogP contribution in [0.5, 0.6) is 0 Å². The Morgan fingerprint density at radius 2 is 1.90 bits per heavy atom. The number of nitrogens with zero attached hydrogens (tertiary/aromatic N) is 1. The molecule has 1 N–H and O–H groups in total. The van der Waals surface area contributed by atoms with Gasteiger partial charge in [0.15, 0.2) is 0 Å². The van der Waals surface area contributed by atoms with E-state index < -0.39 is 0 Å². The zero-order chi connectivity index (χ0) is 14.4. The minimum atomic E-state index is 0.289. The van der Waals surface area contributed by atoms with E-state index in [1.807, 2.05) is 24.5 Å². The fraction of sp³-hybridized carbons (Fsp3) is 0.353. The van der Waals surface area contributed by atoms with Crippen LogP contribution >= 0.6 is 11.6 Å². The van der Waals surface area contributed by atoms with E-state index >= 15 is 0 Å². The first kappa shape index (κ1) is 15.0. The van der Waals surface area contributed by atoms with Gasteiger partial charge in [-0.25, -0.2) is 0 Å². The summed E-state index contributed by atoms with van der Waals surface area (Å²) >= 11 is 6.42. The third-order valence-electron chi connectivity index (χ3n) is 3.39. The normalized spacial score (nSPS) is 12.3. The molecule has 0 amide bonds. The monoisotopic (exact) mass is 288 g/mol. The summed E-state index contributed by atoms with van der Waals surface area (Å²) in [4.78, 5) is 4.04. The molecule has 0 saturated carbocycles. The lowest BCUT2D eigenvalue weighted by atomic mass is 10.0. The largest absolute Gasteiger partial charge is 0.310 e. The van der Waals surface area contributed by atoms with E-state index in [2.05, 4.69) is 42.3 Å². The Hall–Kier alpha value is -1.38. The molecule has 1 aromatic heterocycles. The fourth-order valence-electron chi connectivity index (χ4n) is 2.24. The Morgan fingerprint density at radius 3 is 2.55 bits per heavy atom. The predicted molar refractivity (Wildman–Crippen MR) is 85.2 cm³/mol. The van der Waals surface area contributed by atoms with Gasteiger partial charge in [0.05, 0.1) is 0 Å². The van der Waals surface area contributed by atoms with Crippen LogP contribution in [0.25, 0.3) is 0 Å². The van der Waals surface area contributed by atoms with E-state index in [-0.39, 0.29) is 6.04 Å². The van der Waals surface area contributed by atoms with Gasteiger partial charge in [-0.15, -0.1) is 0 Å². The standard InChI is InChI=1S/C17H21ClN2/c1-3-8-20-13(2)16-5-4-15(12-17(16)18)11-14-6-9-19-10-7-14/h4-7,9-10,12-13,20H,3,8,11H2,1-2H3. The third-order valence-corrected chi connectivity index (χ3v) is 3.72. The maximum atomic E-state index is 6.42. The molecule has 0 radical (unpaired) electrons. The van der Waals surface area contributed by atoms with Crippen molar-refractivity contribution in [1.82, 2.24) is 10.3 Å². The van der Waals surface area contributed by atoms with Gasteiger partial charge in [-0.2, -0.15) is 0 Å². The fourth-order valence-corrected chi connectivity index (χ4v) is 2.61. The highest BCUT2D eigenvalue weighted by atomic mass is 35.5. The number of halogens is 1. The van der Waals surface area contributed by atoms with Crippen LogP contribution < -0.4 is 5.32 Å². The molecule has 2 aromatic rings. The molecule has 2 nitrogen and oxygen atoms in total. The second kappa shape index (κ2) is 7.41. The minimum absolute atomic E-state index is 0.289. The van der Waals surface area contributed by atoms with E-state index in [0.717, 1.165) is 24.4 Å². The topological polar surface area (TPSA) is 24.9 Å². The van der Waals surface area contributed by atoms with Gasteiger partial charge in [0.1, 0.15) is 0 Å². The maximum Gasteiger partial charge on any atom is 0.0456 e. The SMILES string of the molecule is CCCNC(C)c1ccc(Cc2ccncc2)cc1Cl. The molecule has 1 heterocycles. The first-order valence-corrected chi connectivity index (χ1v) is 7.49. The molecule has 0 spiro atoms. The van der Waals surface area contributed by atoms with Gasteiger partial charge in [0, 0.05) is 23.5 Å². The average Bonchev–Trinajstić information content (AvgIpc) is 2.46. The maximum absolute atomic E-state index is 6.42. The summed E-state index contributed by atoms with van der Waals surface area (Å²) in [7, 11) is 0. The van der Waals surface area contributed by atoms with Gasteiger partial charge in [-0.1, -0.05) is 30.7 Å². The summed E-state index contributed by atoms with van der Waals surface area (Å²) < 4.78 is 0. The quantitative estimate of drug-likeness (QED) is 0.853. The molecule has 2 rings (SSSR count). The van der Waals surface area contributed by atoms with E-state index in [9.17, 15) is 0 Å². The van der Waals surface area contributed by atoms with Crippen LogP contribution in [-0.2, 0) is 6.42 Å². The molecule has 0 aliphatic carbocycles.